The van der Waals surface area contributed by atoms with Gasteiger partial charge in [-0.25, -0.2) is 4.68 Å². The van der Waals surface area contributed by atoms with E-state index in [0.29, 0.717) is 0 Å². The Morgan fingerprint density at radius 3 is 1.23 bits per heavy atom. The van der Waals surface area contributed by atoms with Crippen LogP contribution in [0.15, 0.2) is 207 Å². The van der Waals surface area contributed by atoms with E-state index in [9.17, 15) is 0 Å². The predicted octanol–water partition coefficient (Wildman–Crippen LogP) is 14.4. The lowest BCUT2D eigenvalue weighted by Crippen LogP contribution is -2.11. The predicted molar refractivity (Wildman–Crippen MR) is 259 cm³/mol. The van der Waals surface area contributed by atoms with Gasteiger partial charge in [-0.1, -0.05) is 141 Å². The van der Waals surface area contributed by atoms with Crippen molar-refractivity contribution in [1.82, 2.24) is 28.5 Å². The summed E-state index contributed by atoms with van der Waals surface area (Å²) in [4.78, 5) is 4.45. The number of para-hydroxylation sites is 6. The third-order valence-corrected chi connectivity index (χ3v) is 12.3. The van der Waals surface area contributed by atoms with Gasteiger partial charge >= 0.3 is 0 Å². The number of hydrogen-bond donors (Lipinski definition) is 0. The normalized spacial score (nSPS) is 11.7. The molecule has 0 atom stereocenters. The van der Waals surface area contributed by atoms with Gasteiger partial charge in [0.15, 0.2) is 0 Å². The molecule has 5 heterocycles. The van der Waals surface area contributed by atoms with E-state index in [1.54, 1.807) is 0 Å². The van der Waals surface area contributed by atoms with Crippen LogP contribution in [0.25, 0.3) is 110 Å². The van der Waals surface area contributed by atoms with Gasteiger partial charge in [-0.2, -0.15) is 5.10 Å². The van der Waals surface area contributed by atoms with Crippen LogP contribution in [0.1, 0.15) is 13.8 Å². The molecule has 0 spiro atoms. The van der Waals surface area contributed by atoms with E-state index < -0.39 is 0 Å². The fourth-order valence-corrected chi connectivity index (χ4v) is 9.77. The Morgan fingerprint density at radius 2 is 0.806 bits per heavy atom. The lowest BCUT2D eigenvalue weighted by atomic mass is 10.0. The maximum Gasteiger partial charge on any atom is 0.0948 e. The second-order valence-corrected chi connectivity index (χ2v) is 15.5. The summed E-state index contributed by atoms with van der Waals surface area (Å²) in [5.74, 6) is 0. The fraction of sp³-hybridized carbons (Fsp3) is 0.0357. The number of benzene rings is 8. The maximum absolute atomic E-state index is 5.33. The van der Waals surface area contributed by atoms with E-state index in [4.69, 9.17) is 5.10 Å². The first-order valence-corrected chi connectivity index (χ1v) is 21.3. The first kappa shape index (κ1) is 35.7. The third-order valence-electron chi connectivity index (χ3n) is 12.3. The highest BCUT2D eigenvalue weighted by Crippen LogP contribution is 2.44. The molecule has 0 amide bonds. The second kappa shape index (κ2) is 14.2. The molecule has 0 aliphatic carbocycles. The molecule has 0 bridgehead atoms. The Kier molecular flexibility index (Phi) is 8.18. The minimum Gasteiger partial charge on any atom is -0.307 e. The molecule has 6 nitrogen and oxygen atoms in total. The molecule has 0 saturated heterocycles. The van der Waals surface area contributed by atoms with Gasteiger partial charge < -0.3 is 13.7 Å². The van der Waals surface area contributed by atoms with Crippen molar-refractivity contribution in [3.05, 3.63) is 207 Å². The van der Waals surface area contributed by atoms with Crippen molar-refractivity contribution in [2.75, 3.05) is 0 Å². The molecule has 13 rings (SSSR count). The van der Waals surface area contributed by atoms with Gasteiger partial charge in [-0.3, -0.25) is 4.98 Å². The molecule has 0 saturated carbocycles. The molecule has 0 N–H and O–H groups in total. The molecule has 0 aliphatic heterocycles. The Hall–Kier alpha value is -8.22. The highest BCUT2D eigenvalue weighted by atomic mass is 15.3. The van der Waals surface area contributed by atoms with Gasteiger partial charge in [0.1, 0.15) is 0 Å². The Bertz CT molecular complexity index is 3550. The highest BCUT2D eigenvalue weighted by Gasteiger charge is 2.26. The molecule has 8 aromatic carbocycles. The molecule has 0 radical (unpaired) electrons. The summed E-state index contributed by atoms with van der Waals surface area (Å²) >= 11 is 0. The van der Waals surface area contributed by atoms with Crippen molar-refractivity contribution in [1.29, 1.82) is 0 Å². The summed E-state index contributed by atoms with van der Waals surface area (Å²) in [6.45, 7) is 4.00. The molecule has 13 aromatic rings. The van der Waals surface area contributed by atoms with Gasteiger partial charge in [0.25, 0.3) is 0 Å². The zero-order valence-electron chi connectivity index (χ0n) is 34.3. The number of hydrogen-bond acceptors (Lipinski definition) is 2. The van der Waals surface area contributed by atoms with E-state index in [-0.39, 0.29) is 0 Å². The van der Waals surface area contributed by atoms with Crippen LogP contribution < -0.4 is 0 Å². The summed E-state index contributed by atoms with van der Waals surface area (Å²) in [7, 11) is 0. The van der Waals surface area contributed by atoms with Crippen LogP contribution in [-0.2, 0) is 0 Å². The van der Waals surface area contributed by atoms with Crippen molar-refractivity contribution in [2.45, 2.75) is 13.8 Å². The number of rotatable bonds is 5. The number of pyridine rings is 1. The van der Waals surface area contributed by atoms with Crippen LogP contribution in [-0.4, -0.2) is 28.5 Å². The molecule has 0 aliphatic rings. The lowest BCUT2D eigenvalue weighted by molar-refractivity contribution is 0.889. The maximum atomic E-state index is 5.33. The summed E-state index contributed by atoms with van der Waals surface area (Å²) < 4.78 is 9.49. The average Bonchev–Trinajstić information content (AvgIpc) is 4.11. The number of nitrogens with zero attached hydrogens (tertiary/aromatic N) is 6. The van der Waals surface area contributed by atoms with Gasteiger partial charge in [0.05, 0.1) is 61.4 Å². The monoisotopic (exact) mass is 796 g/mol. The van der Waals surface area contributed by atoms with Gasteiger partial charge in [-0.15, -0.1) is 0 Å². The van der Waals surface area contributed by atoms with E-state index in [1.165, 1.54) is 32.3 Å². The topological polar surface area (TPSA) is 45.5 Å². The van der Waals surface area contributed by atoms with Crippen LogP contribution in [0.5, 0.6) is 0 Å². The van der Waals surface area contributed by atoms with Crippen molar-refractivity contribution >= 4 is 76.3 Å². The molecule has 62 heavy (non-hydrogen) atoms. The molecule has 0 unspecified atom stereocenters. The molecular weight excluding hydrogens is 757 g/mol. The summed E-state index contributed by atoms with van der Waals surface area (Å²) in [6.07, 6.45) is 5.92. The van der Waals surface area contributed by atoms with E-state index in [1.807, 2.05) is 32.3 Å². The zero-order chi connectivity index (χ0) is 41.3. The summed E-state index contributed by atoms with van der Waals surface area (Å²) in [6, 6.07) is 67.9. The Labute approximate surface area is 357 Å². The zero-order valence-corrected chi connectivity index (χ0v) is 34.3. The van der Waals surface area contributed by atoms with Crippen molar-refractivity contribution < 1.29 is 0 Å². The summed E-state index contributed by atoms with van der Waals surface area (Å²) in [5, 5.41) is 13.6. The van der Waals surface area contributed by atoms with Crippen LogP contribution in [0.3, 0.4) is 0 Å². The number of fused-ring (bicyclic) bond motifs is 10. The van der Waals surface area contributed by atoms with Crippen LogP contribution in [0.2, 0.25) is 0 Å². The van der Waals surface area contributed by atoms with Gasteiger partial charge in [0, 0.05) is 61.9 Å². The largest absolute Gasteiger partial charge is 0.307 e. The first-order valence-electron chi connectivity index (χ1n) is 21.3. The molecule has 5 aromatic heterocycles. The standard InChI is InChI=1S/C54H34N6.C2H6/c1-7-24-46-38(16-1)39-17-2-8-25-47(39)58(46)52-31-36(57-34-44-37(22-13-23-45(44)56-57)35-15-14-30-55-33-35)32-53(59-48-26-9-3-18-40(48)41-19-4-10-27-49(41)59)54(52)60-50-28-11-5-20-42(50)43-21-6-12-29-51(43)60;1-2/h1-34H;1-2H3. The quantitative estimate of drug-likeness (QED) is 0.174. The van der Waals surface area contributed by atoms with E-state index in [2.05, 4.69) is 212 Å². The SMILES string of the molecule is CC.c1cncc(-c2cccc3nn(-c4cc(-n5c6ccccc6c6ccccc65)c(-n5c6ccccc6c6ccccc65)c(-n5c6ccccc6c6ccccc65)c4)cc23)c1. The smallest absolute Gasteiger partial charge is 0.0948 e. The van der Waals surface area contributed by atoms with Crippen LogP contribution >= 0.6 is 0 Å². The Balaban J connectivity index is 0.00000202. The minimum atomic E-state index is 0.916. The average molecular weight is 797 g/mol. The molecule has 6 heteroatoms. The first-order chi connectivity index (χ1) is 30.8. The van der Waals surface area contributed by atoms with Crippen LogP contribution in [0, 0.1) is 0 Å². The van der Waals surface area contributed by atoms with Gasteiger partial charge in [0.2, 0.25) is 0 Å². The molecular formula is C56H40N6. The van der Waals surface area contributed by atoms with E-state index in [0.717, 1.165) is 77.9 Å². The highest BCUT2D eigenvalue weighted by molar-refractivity contribution is 6.13. The van der Waals surface area contributed by atoms with Crippen molar-refractivity contribution in [3.63, 3.8) is 0 Å². The van der Waals surface area contributed by atoms with Gasteiger partial charge in [-0.05, 0) is 66.2 Å². The Morgan fingerprint density at radius 1 is 0.387 bits per heavy atom. The summed E-state index contributed by atoms with van der Waals surface area (Å²) in [5.41, 5.74) is 14.0. The van der Waals surface area contributed by atoms with Crippen molar-refractivity contribution in [2.24, 2.45) is 0 Å². The fourth-order valence-electron chi connectivity index (χ4n) is 9.77. The molecule has 294 valence electrons. The lowest BCUT2D eigenvalue weighted by Gasteiger charge is -2.23. The third kappa shape index (κ3) is 5.23. The van der Waals surface area contributed by atoms with Crippen molar-refractivity contribution in [3.8, 4) is 33.9 Å². The molecule has 0 fully saturated rings. The second-order valence-electron chi connectivity index (χ2n) is 15.5. The number of aromatic nitrogens is 6. The minimum absolute atomic E-state index is 0.916. The van der Waals surface area contributed by atoms with Crippen LogP contribution in [0.4, 0.5) is 0 Å². The van der Waals surface area contributed by atoms with E-state index >= 15 is 0 Å².